The fourth-order valence-corrected chi connectivity index (χ4v) is 2.11. The van der Waals surface area contributed by atoms with Crippen molar-refractivity contribution in [2.45, 2.75) is 12.8 Å². The number of amides is 1. The second-order valence-corrected chi connectivity index (χ2v) is 4.45. The second-order valence-electron chi connectivity index (χ2n) is 4.45. The van der Waals surface area contributed by atoms with Crippen LogP contribution in [0.15, 0.2) is 58.2 Å². The maximum Gasteiger partial charge on any atom is 0.247 e. The van der Waals surface area contributed by atoms with E-state index in [0.29, 0.717) is 13.0 Å². The number of hydrogen-bond donors (Lipinski definition) is 0. The molecule has 2 aromatic rings. The topological polar surface area (TPSA) is 45.8 Å². The zero-order valence-corrected chi connectivity index (χ0v) is 10.5. The van der Waals surface area contributed by atoms with Crippen LogP contribution in [0.2, 0.25) is 0 Å². The highest BCUT2D eigenvalue weighted by Gasteiger charge is 2.22. The normalized spacial score (nSPS) is 14.5. The molecule has 0 saturated heterocycles. The Labute approximate surface area is 111 Å². The Morgan fingerprint density at radius 3 is 2.79 bits per heavy atom. The highest BCUT2D eigenvalue weighted by molar-refractivity contribution is 6.00. The Balaban J connectivity index is 1.69. The lowest BCUT2D eigenvalue weighted by atomic mass is 10.1. The monoisotopic (exact) mass is 254 g/mol. The van der Waals surface area contributed by atoms with Gasteiger partial charge in [0.25, 0.3) is 0 Å². The first-order chi connectivity index (χ1) is 9.33. The summed E-state index contributed by atoms with van der Waals surface area (Å²) in [5.41, 5.74) is 1.85. The van der Waals surface area contributed by atoms with Crippen molar-refractivity contribution in [1.29, 1.82) is 0 Å². The van der Waals surface area contributed by atoms with Crippen LogP contribution < -0.4 is 0 Å². The molecule has 3 rings (SSSR count). The van der Waals surface area contributed by atoms with E-state index in [1.54, 1.807) is 6.26 Å². The molecular formula is C15H14N2O2. The van der Waals surface area contributed by atoms with Crippen molar-refractivity contribution >= 4 is 11.6 Å². The maximum absolute atomic E-state index is 12.1. The summed E-state index contributed by atoms with van der Waals surface area (Å²) < 4.78 is 5.30. The average molecular weight is 254 g/mol. The number of carbonyl (C=O) groups excluding carboxylic acids is 1. The van der Waals surface area contributed by atoms with Gasteiger partial charge in [-0.25, -0.2) is 5.01 Å². The highest BCUT2D eigenvalue weighted by atomic mass is 16.3. The Bertz CT molecular complexity index is 588. The van der Waals surface area contributed by atoms with Gasteiger partial charge in [-0.05, 0) is 17.7 Å². The Morgan fingerprint density at radius 2 is 2.05 bits per heavy atom. The lowest BCUT2D eigenvalue weighted by Gasteiger charge is -2.10. The molecule has 0 N–H and O–H groups in total. The summed E-state index contributed by atoms with van der Waals surface area (Å²) in [6.45, 7) is 0.627. The van der Waals surface area contributed by atoms with Gasteiger partial charge in [0.05, 0.1) is 19.2 Å². The molecule has 0 atom stereocenters. The molecule has 96 valence electrons. The number of rotatable bonds is 3. The first-order valence-electron chi connectivity index (χ1n) is 6.28. The lowest BCUT2D eigenvalue weighted by molar-refractivity contribution is -0.130. The standard InChI is InChI=1S/C15H14N2O2/c18-15(11-12-5-2-1-3-6-12)17-9-8-13(16-17)14-7-4-10-19-14/h1-7,10H,8-9,11H2. The Morgan fingerprint density at radius 1 is 1.21 bits per heavy atom. The van der Waals surface area contributed by atoms with Crippen molar-refractivity contribution in [3.05, 3.63) is 60.1 Å². The maximum atomic E-state index is 12.1. The molecule has 0 fully saturated rings. The van der Waals surface area contributed by atoms with E-state index in [1.165, 1.54) is 5.01 Å². The minimum Gasteiger partial charge on any atom is -0.463 e. The SMILES string of the molecule is O=C(Cc1ccccc1)N1CCC(c2ccco2)=N1. The molecule has 0 spiro atoms. The summed E-state index contributed by atoms with van der Waals surface area (Å²) in [4.78, 5) is 12.1. The molecule has 2 heterocycles. The molecule has 1 aromatic carbocycles. The van der Waals surface area contributed by atoms with Crippen molar-refractivity contribution < 1.29 is 9.21 Å². The van der Waals surface area contributed by atoms with Crippen molar-refractivity contribution in [3.63, 3.8) is 0 Å². The molecule has 1 amide bonds. The fraction of sp³-hybridized carbons (Fsp3) is 0.200. The van der Waals surface area contributed by atoms with Crippen molar-refractivity contribution in [3.8, 4) is 0 Å². The van der Waals surface area contributed by atoms with E-state index in [0.717, 1.165) is 23.5 Å². The van der Waals surface area contributed by atoms with Crippen LogP contribution in [0.1, 0.15) is 17.7 Å². The number of furan rings is 1. The van der Waals surface area contributed by atoms with Crippen molar-refractivity contribution in [2.75, 3.05) is 6.54 Å². The van der Waals surface area contributed by atoms with Crippen LogP contribution in [0.25, 0.3) is 0 Å². The summed E-state index contributed by atoms with van der Waals surface area (Å²) in [6, 6.07) is 13.4. The second kappa shape index (κ2) is 5.10. The van der Waals surface area contributed by atoms with Crippen LogP contribution >= 0.6 is 0 Å². The van der Waals surface area contributed by atoms with Gasteiger partial charge in [-0.15, -0.1) is 0 Å². The van der Waals surface area contributed by atoms with Gasteiger partial charge in [0.15, 0.2) is 0 Å². The van der Waals surface area contributed by atoms with Crippen LogP contribution in [0.5, 0.6) is 0 Å². The third-order valence-electron chi connectivity index (χ3n) is 3.09. The van der Waals surface area contributed by atoms with Crippen LogP contribution in [-0.4, -0.2) is 23.2 Å². The highest BCUT2D eigenvalue weighted by Crippen LogP contribution is 2.15. The van der Waals surface area contributed by atoms with Crippen LogP contribution in [0, 0.1) is 0 Å². The molecule has 1 aliphatic rings. The number of benzene rings is 1. The molecule has 4 heteroatoms. The zero-order chi connectivity index (χ0) is 13.1. The van der Waals surface area contributed by atoms with E-state index in [9.17, 15) is 4.79 Å². The van der Waals surface area contributed by atoms with Crippen LogP contribution in [-0.2, 0) is 11.2 Å². The van der Waals surface area contributed by atoms with Gasteiger partial charge in [-0.3, -0.25) is 4.79 Å². The largest absolute Gasteiger partial charge is 0.463 e. The van der Waals surface area contributed by atoms with E-state index in [2.05, 4.69) is 5.10 Å². The van der Waals surface area contributed by atoms with Gasteiger partial charge in [0.1, 0.15) is 11.5 Å². The smallest absolute Gasteiger partial charge is 0.247 e. The van der Waals surface area contributed by atoms with E-state index in [1.807, 2.05) is 42.5 Å². The molecular weight excluding hydrogens is 240 g/mol. The van der Waals surface area contributed by atoms with Gasteiger partial charge < -0.3 is 4.42 Å². The quantitative estimate of drug-likeness (QED) is 0.844. The number of nitrogens with zero attached hydrogens (tertiary/aromatic N) is 2. The van der Waals surface area contributed by atoms with Gasteiger partial charge in [-0.2, -0.15) is 5.10 Å². The summed E-state index contributed by atoms with van der Waals surface area (Å²) in [5, 5.41) is 5.87. The number of hydrazone groups is 1. The van der Waals surface area contributed by atoms with Gasteiger partial charge >= 0.3 is 0 Å². The van der Waals surface area contributed by atoms with Gasteiger partial charge in [-0.1, -0.05) is 30.3 Å². The Kier molecular flexibility index (Phi) is 3.14. The Hall–Kier alpha value is -2.36. The van der Waals surface area contributed by atoms with E-state index < -0.39 is 0 Å². The third-order valence-corrected chi connectivity index (χ3v) is 3.09. The molecule has 0 saturated carbocycles. The summed E-state index contributed by atoms with van der Waals surface area (Å²) >= 11 is 0. The minimum absolute atomic E-state index is 0.0211. The van der Waals surface area contributed by atoms with E-state index in [4.69, 9.17) is 4.42 Å². The molecule has 1 aliphatic heterocycles. The summed E-state index contributed by atoms with van der Waals surface area (Å²) in [7, 11) is 0. The van der Waals surface area contributed by atoms with Crippen molar-refractivity contribution in [2.24, 2.45) is 5.10 Å². The van der Waals surface area contributed by atoms with Crippen LogP contribution in [0.3, 0.4) is 0 Å². The molecule has 0 aliphatic carbocycles. The average Bonchev–Trinajstić information content (AvgIpc) is 3.11. The predicted octanol–water partition coefficient (Wildman–Crippen LogP) is 2.46. The molecule has 0 radical (unpaired) electrons. The first-order valence-corrected chi connectivity index (χ1v) is 6.28. The molecule has 0 bridgehead atoms. The third kappa shape index (κ3) is 2.57. The first kappa shape index (κ1) is 11.7. The van der Waals surface area contributed by atoms with Gasteiger partial charge in [0, 0.05) is 6.42 Å². The van der Waals surface area contributed by atoms with E-state index >= 15 is 0 Å². The molecule has 0 unspecified atom stereocenters. The minimum atomic E-state index is 0.0211. The molecule has 4 nitrogen and oxygen atoms in total. The summed E-state index contributed by atoms with van der Waals surface area (Å²) in [6.07, 6.45) is 2.75. The number of hydrogen-bond acceptors (Lipinski definition) is 3. The van der Waals surface area contributed by atoms with Crippen molar-refractivity contribution in [1.82, 2.24) is 5.01 Å². The summed E-state index contributed by atoms with van der Waals surface area (Å²) in [5.74, 6) is 0.766. The molecule has 1 aromatic heterocycles. The fourth-order valence-electron chi connectivity index (χ4n) is 2.11. The van der Waals surface area contributed by atoms with Crippen LogP contribution in [0.4, 0.5) is 0 Å². The lowest BCUT2D eigenvalue weighted by Crippen LogP contribution is -2.25. The number of carbonyl (C=O) groups is 1. The predicted molar refractivity (Wildman–Crippen MR) is 71.7 cm³/mol. The van der Waals surface area contributed by atoms with Gasteiger partial charge in [0.2, 0.25) is 5.91 Å². The molecule has 19 heavy (non-hydrogen) atoms. The van der Waals surface area contributed by atoms with E-state index in [-0.39, 0.29) is 5.91 Å². The zero-order valence-electron chi connectivity index (χ0n) is 10.5.